The first kappa shape index (κ1) is 19.1. The molecule has 0 spiro atoms. The number of hydrogen-bond donors (Lipinski definition) is 2. The molecule has 132 valence electrons. The van der Waals surface area contributed by atoms with E-state index in [0.29, 0.717) is 0 Å². The standard InChI is InChI=1S/C16H15FN2O4S2/c1-9(15(22)23)18-13(20)6-7-19-14(21)12(25-16(19)24)8-10-4-2-3-5-11(10)17/h2-5,8-9H,6-7H2,1H3,(H,18,20)(H,22,23)/b12-8-. The zero-order valence-electron chi connectivity index (χ0n) is 13.2. The summed E-state index contributed by atoms with van der Waals surface area (Å²) >= 11 is 6.16. The number of nitrogens with zero attached hydrogens (tertiary/aromatic N) is 1. The van der Waals surface area contributed by atoms with E-state index in [1.54, 1.807) is 18.2 Å². The molecule has 1 unspecified atom stereocenters. The second kappa shape index (κ2) is 8.21. The van der Waals surface area contributed by atoms with Crippen LogP contribution in [0.2, 0.25) is 0 Å². The number of carboxylic acids is 1. The molecule has 1 atom stereocenters. The highest BCUT2D eigenvalue weighted by Gasteiger charge is 2.32. The van der Waals surface area contributed by atoms with Crippen LogP contribution in [0.25, 0.3) is 6.08 Å². The van der Waals surface area contributed by atoms with Gasteiger partial charge in [-0.25, -0.2) is 4.39 Å². The van der Waals surface area contributed by atoms with Gasteiger partial charge in [-0.2, -0.15) is 0 Å². The number of thioether (sulfide) groups is 1. The van der Waals surface area contributed by atoms with Crippen molar-refractivity contribution in [1.29, 1.82) is 0 Å². The maximum atomic E-state index is 13.7. The topological polar surface area (TPSA) is 86.7 Å². The highest BCUT2D eigenvalue weighted by Crippen LogP contribution is 2.32. The lowest BCUT2D eigenvalue weighted by Crippen LogP contribution is -2.40. The number of carbonyl (C=O) groups is 3. The molecule has 0 bridgehead atoms. The maximum Gasteiger partial charge on any atom is 0.325 e. The number of halogens is 1. The minimum absolute atomic E-state index is 0.0252. The minimum Gasteiger partial charge on any atom is -0.480 e. The van der Waals surface area contributed by atoms with E-state index in [-0.39, 0.29) is 27.8 Å². The van der Waals surface area contributed by atoms with Gasteiger partial charge in [0.25, 0.3) is 5.91 Å². The number of rotatable bonds is 6. The van der Waals surface area contributed by atoms with E-state index in [0.717, 1.165) is 11.8 Å². The molecule has 2 rings (SSSR count). The van der Waals surface area contributed by atoms with Crippen molar-refractivity contribution >= 4 is 52.2 Å². The summed E-state index contributed by atoms with van der Waals surface area (Å²) in [6.07, 6.45) is 1.33. The number of carbonyl (C=O) groups excluding carboxylic acids is 2. The van der Waals surface area contributed by atoms with Gasteiger partial charge in [-0.1, -0.05) is 42.2 Å². The van der Waals surface area contributed by atoms with Crippen LogP contribution in [0.5, 0.6) is 0 Å². The lowest BCUT2D eigenvalue weighted by Gasteiger charge is -2.15. The number of carboxylic acid groups (broad SMARTS) is 1. The average molecular weight is 382 g/mol. The average Bonchev–Trinajstić information content (AvgIpc) is 2.81. The van der Waals surface area contributed by atoms with E-state index in [1.807, 2.05) is 0 Å². The van der Waals surface area contributed by atoms with Gasteiger partial charge in [0, 0.05) is 18.5 Å². The molecule has 2 N–H and O–H groups in total. The molecule has 0 aromatic heterocycles. The van der Waals surface area contributed by atoms with Crippen LogP contribution in [0.15, 0.2) is 29.2 Å². The van der Waals surface area contributed by atoms with Crippen LogP contribution in [0, 0.1) is 5.82 Å². The van der Waals surface area contributed by atoms with Gasteiger partial charge < -0.3 is 10.4 Å². The van der Waals surface area contributed by atoms with Crippen molar-refractivity contribution < 1.29 is 23.9 Å². The van der Waals surface area contributed by atoms with Gasteiger partial charge in [0.15, 0.2) is 0 Å². The summed E-state index contributed by atoms with van der Waals surface area (Å²) in [4.78, 5) is 36.3. The summed E-state index contributed by atoms with van der Waals surface area (Å²) in [6.45, 7) is 1.37. The largest absolute Gasteiger partial charge is 0.480 e. The van der Waals surface area contributed by atoms with Crippen LogP contribution in [-0.4, -0.2) is 44.7 Å². The molecular formula is C16H15FN2O4S2. The maximum absolute atomic E-state index is 13.7. The number of nitrogens with one attached hydrogen (secondary N) is 1. The fraction of sp³-hybridized carbons (Fsp3) is 0.250. The molecule has 25 heavy (non-hydrogen) atoms. The molecule has 1 aromatic rings. The monoisotopic (exact) mass is 382 g/mol. The van der Waals surface area contributed by atoms with Crippen LogP contribution in [0.3, 0.4) is 0 Å². The Morgan fingerprint density at radius 3 is 2.76 bits per heavy atom. The second-order valence-electron chi connectivity index (χ2n) is 5.23. The van der Waals surface area contributed by atoms with Crippen LogP contribution in [0.1, 0.15) is 18.9 Å². The Kier molecular flexibility index (Phi) is 6.27. The molecular weight excluding hydrogens is 367 g/mol. The van der Waals surface area contributed by atoms with Crippen LogP contribution >= 0.6 is 24.0 Å². The third-order valence-corrected chi connectivity index (χ3v) is 4.75. The molecule has 0 saturated carbocycles. The quantitative estimate of drug-likeness (QED) is 0.578. The molecule has 9 heteroatoms. The lowest BCUT2D eigenvalue weighted by molar-refractivity contribution is -0.141. The first-order chi connectivity index (χ1) is 11.8. The molecule has 2 amide bonds. The van der Waals surface area contributed by atoms with Crippen molar-refractivity contribution in [1.82, 2.24) is 10.2 Å². The van der Waals surface area contributed by atoms with Gasteiger partial charge >= 0.3 is 5.97 Å². The van der Waals surface area contributed by atoms with E-state index >= 15 is 0 Å². The Labute approximate surface area is 153 Å². The summed E-state index contributed by atoms with van der Waals surface area (Å²) in [7, 11) is 0. The Balaban J connectivity index is 2.01. The number of hydrogen-bond acceptors (Lipinski definition) is 5. The van der Waals surface area contributed by atoms with Crippen molar-refractivity contribution in [3.8, 4) is 0 Å². The van der Waals surface area contributed by atoms with Crippen molar-refractivity contribution in [3.05, 3.63) is 40.6 Å². The van der Waals surface area contributed by atoms with Crippen molar-refractivity contribution in [2.45, 2.75) is 19.4 Å². The summed E-state index contributed by atoms with van der Waals surface area (Å²) in [5.74, 6) is -2.50. The molecule has 0 radical (unpaired) electrons. The SMILES string of the molecule is CC(NC(=O)CCN1C(=O)/C(=C/c2ccccc2F)SC1=S)C(=O)O. The molecule has 1 aliphatic heterocycles. The minimum atomic E-state index is -1.15. The molecule has 0 aliphatic carbocycles. The van der Waals surface area contributed by atoms with Gasteiger partial charge in [0.1, 0.15) is 16.2 Å². The van der Waals surface area contributed by atoms with E-state index in [1.165, 1.54) is 24.0 Å². The zero-order valence-corrected chi connectivity index (χ0v) is 14.8. The fourth-order valence-corrected chi connectivity index (χ4v) is 3.31. The van der Waals surface area contributed by atoms with E-state index in [2.05, 4.69) is 5.32 Å². The third-order valence-electron chi connectivity index (χ3n) is 3.38. The van der Waals surface area contributed by atoms with Gasteiger partial charge in [-0.15, -0.1) is 0 Å². The highest BCUT2D eigenvalue weighted by molar-refractivity contribution is 8.26. The third kappa shape index (κ3) is 4.86. The Bertz CT molecular complexity index is 766. The van der Waals surface area contributed by atoms with Crippen LogP contribution in [0.4, 0.5) is 4.39 Å². The number of amides is 2. The Morgan fingerprint density at radius 2 is 2.12 bits per heavy atom. The van der Waals surface area contributed by atoms with E-state index in [4.69, 9.17) is 17.3 Å². The lowest BCUT2D eigenvalue weighted by atomic mass is 10.2. The summed E-state index contributed by atoms with van der Waals surface area (Å²) in [6, 6.07) is 5.03. The molecule has 6 nitrogen and oxygen atoms in total. The molecule has 1 heterocycles. The van der Waals surface area contributed by atoms with Gasteiger partial charge in [-0.3, -0.25) is 19.3 Å². The zero-order chi connectivity index (χ0) is 18.6. The summed E-state index contributed by atoms with van der Waals surface area (Å²) < 4.78 is 14.0. The number of benzene rings is 1. The molecule has 1 aliphatic rings. The van der Waals surface area contributed by atoms with Crippen molar-refractivity contribution in [2.75, 3.05) is 6.54 Å². The highest BCUT2D eigenvalue weighted by atomic mass is 32.2. The fourth-order valence-electron chi connectivity index (χ4n) is 2.01. The molecule has 1 aromatic carbocycles. The van der Waals surface area contributed by atoms with Crippen LogP contribution in [-0.2, 0) is 14.4 Å². The van der Waals surface area contributed by atoms with E-state index < -0.39 is 29.6 Å². The van der Waals surface area contributed by atoms with Gasteiger partial charge in [-0.05, 0) is 19.1 Å². The predicted molar refractivity (Wildman–Crippen MR) is 96.1 cm³/mol. The predicted octanol–water partition coefficient (Wildman–Crippen LogP) is 2.01. The van der Waals surface area contributed by atoms with Crippen molar-refractivity contribution in [3.63, 3.8) is 0 Å². The van der Waals surface area contributed by atoms with Gasteiger partial charge in [0.05, 0.1) is 4.91 Å². The smallest absolute Gasteiger partial charge is 0.325 e. The number of thiocarbonyl (C=S) groups is 1. The van der Waals surface area contributed by atoms with Crippen molar-refractivity contribution in [2.24, 2.45) is 0 Å². The Morgan fingerprint density at radius 1 is 1.44 bits per heavy atom. The first-order valence-corrected chi connectivity index (χ1v) is 8.54. The van der Waals surface area contributed by atoms with Crippen LogP contribution < -0.4 is 5.32 Å². The summed E-state index contributed by atoms with van der Waals surface area (Å²) in [5.41, 5.74) is 0.274. The normalized spacial score (nSPS) is 17.0. The second-order valence-corrected chi connectivity index (χ2v) is 6.91. The van der Waals surface area contributed by atoms with Gasteiger partial charge in [0.2, 0.25) is 5.91 Å². The molecule has 1 fully saturated rings. The molecule has 1 saturated heterocycles. The Hall–Kier alpha value is -2.26. The van der Waals surface area contributed by atoms with E-state index in [9.17, 15) is 18.8 Å². The first-order valence-electron chi connectivity index (χ1n) is 7.31. The number of aliphatic carboxylic acids is 1. The summed E-state index contributed by atoms with van der Waals surface area (Å²) in [5, 5.41) is 11.1.